The molecule has 0 atom stereocenters. The lowest BCUT2D eigenvalue weighted by molar-refractivity contribution is -0.384. The number of carbonyl (C=O) groups is 3. The number of imide groups is 1. The molecule has 2 heterocycles. The second kappa shape index (κ2) is 6.66. The van der Waals surface area contributed by atoms with Crippen LogP contribution in [0, 0.1) is 10.1 Å². The largest absolute Gasteiger partial charge is 0.285 e. The average molecular weight is 411 g/mol. The summed E-state index contributed by atoms with van der Waals surface area (Å²) in [5.74, 6) is -1.90. The monoisotopic (exact) mass is 411 g/mol. The zero-order chi connectivity index (χ0) is 20.0. The Morgan fingerprint density at radius 2 is 1.57 bits per heavy atom. The van der Waals surface area contributed by atoms with Gasteiger partial charge in [-0.15, -0.1) is 0 Å². The number of fused-ring (bicyclic) bond motifs is 1. The zero-order valence-electron chi connectivity index (χ0n) is 13.9. The number of benzene rings is 2. The minimum absolute atomic E-state index is 0.0242. The first-order valence-corrected chi connectivity index (χ1v) is 9.11. The molecule has 0 radical (unpaired) electrons. The molecule has 0 aliphatic carbocycles. The smallest absolute Gasteiger partial charge is 0.267 e. The first-order valence-electron chi connectivity index (χ1n) is 7.88. The second-order valence-corrected chi connectivity index (χ2v) is 7.49. The molecule has 0 aromatic heterocycles. The number of thiocarbonyl (C=S) groups is 1. The average Bonchev–Trinajstić information content (AvgIpc) is 3.09. The van der Waals surface area contributed by atoms with Gasteiger partial charge in [-0.2, -0.15) is 10.0 Å². The lowest BCUT2D eigenvalue weighted by Crippen LogP contribution is -2.48. The number of amides is 3. The fourth-order valence-electron chi connectivity index (χ4n) is 2.87. The van der Waals surface area contributed by atoms with Gasteiger partial charge >= 0.3 is 0 Å². The highest BCUT2D eigenvalue weighted by Crippen LogP contribution is 2.36. The van der Waals surface area contributed by atoms with Gasteiger partial charge in [-0.1, -0.05) is 36.0 Å². The van der Waals surface area contributed by atoms with Crippen molar-refractivity contribution in [1.82, 2.24) is 10.0 Å². The second-order valence-electron chi connectivity index (χ2n) is 5.81. The summed E-state index contributed by atoms with van der Waals surface area (Å²) in [4.78, 5) is 48.6. The molecule has 0 N–H and O–H groups in total. The Kier molecular flexibility index (Phi) is 4.28. The van der Waals surface area contributed by atoms with Gasteiger partial charge in [0.25, 0.3) is 23.4 Å². The van der Waals surface area contributed by atoms with Crippen molar-refractivity contribution in [1.29, 1.82) is 0 Å². The zero-order valence-corrected chi connectivity index (χ0v) is 15.5. The maximum Gasteiger partial charge on any atom is 0.285 e. The highest BCUT2D eigenvalue weighted by Gasteiger charge is 2.46. The summed E-state index contributed by atoms with van der Waals surface area (Å²) in [6.45, 7) is 0. The van der Waals surface area contributed by atoms with E-state index in [1.807, 2.05) is 0 Å². The number of hydrazine groups is 1. The van der Waals surface area contributed by atoms with Crippen molar-refractivity contribution in [2.24, 2.45) is 0 Å². The molecule has 10 heteroatoms. The third-order valence-electron chi connectivity index (χ3n) is 4.12. The summed E-state index contributed by atoms with van der Waals surface area (Å²) in [6.07, 6.45) is 1.43. The Balaban J connectivity index is 1.67. The molecule has 3 amide bonds. The number of nitro groups is 1. The molecule has 138 valence electrons. The van der Waals surface area contributed by atoms with Gasteiger partial charge in [-0.25, -0.2) is 0 Å². The van der Waals surface area contributed by atoms with Gasteiger partial charge in [0.1, 0.15) is 0 Å². The topological polar surface area (TPSA) is 101 Å². The fraction of sp³-hybridized carbons (Fsp3) is 0. The van der Waals surface area contributed by atoms with E-state index in [9.17, 15) is 24.5 Å². The van der Waals surface area contributed by atoms with Crippen molar-refractivity contribution in [3.05, 3.63) is 80.2 Å². The Hall–Kier alpha value is -3.37. The molecule has 2 aliphatic heterocycles. The van der Waals surface area contributed by atoms with Crippen molar-refractivity contribution in [3.63, 3.8) is 0 Å². The van der Waals surface area contributed by atoms with Gasteiger partial charge in [-0.05, 0) is 36.0 Å². The summed E-state index contributed by atoms with van der Waals surface area (Å²) in [7, 11) is 0. The number of nitro benzene ring substituents is 1. The van der Waals surface area contributed by atoms with Crippen molar-refractivity contribution in [2.45, 2.75) is 0 Å². The van der Waals surface area contributed by atoms with E-state index in [0.717, 1.165) is 21.8 Å². The number of rotatable bonds is 3. The molecule has 28 heavy (non-hydrogen) atoms. The van der Waals surface area contributed by atoms with Crippen LogP contribution in [-0.2, 0) is 4.79 Å². The van der Waals surface area contributed by atoms with E-state index < -0.39 is 22.6 Å². The van der Waals surface area contributed by atoms with Crippen molar-refractivity contribution < 1.29 is 19.3 Å². The Morgan fingerprint density at radius 1 is 0.929 bits per heavy atom. The van der Waals surface area contributed by atoms with Crippen molar-refractivity contribution >= 4 is 57.8 Å². The van der Waals surface area contributed by atoms with E-state index in [1.54, 1.807) is 18.2 Å². The lowest BCUT2D eigenvalue weighted by Gasteiger charge is -2.23. The van der Waals surface area contributed by atoms with Gasteiger partial charge in [0, 0.05) is 12.1 Å². The molecular weight excluding hydrogens is 402 g/mol. The van der Waals surface area contributed by atoms with Gasteiger partial charge in [0.05, 0.1) is 21.0 Å². The summed E-state index contributed by atoms with van der Waals surface area (Å²) in [5.41, 5.74) is 0.704. The standard InChI is InChI=1S/C18H9N3O5S2/c22-15-12-6-1-2-7-13(12)16(23)19(15)20-17(24)14(28-18(20)27)9-10-4-3-5-11(8-10)21(25)26/h1-9H/b14-9+. The third-order valence-corrected chi connectivity index (χ3v) is 5.41. The van der Waals surface area contributed by atoms with Crippen LogP contribution in [0.1, 0.15) is 26.3 Å². The molecular formula is C18H9N3O5S2. The maximum atomic E-state index is 12.8. The van der Waals surface area contributed by atoms with Crippen LogP contribution in [0.2, 0.25) is 0 Å². The normalized spacial score (nSPS) is 17.6. The van der Waals surface area contributed by atoms with Crippen LogP contribution >= 0.6 is 24.0 Å². The van der Waals surface area contributed by atoms with E-state index in [-0.39, 0.29) is 26.0 Å². The van der Waals surface area contributed by atoms with Gasteiger partial charge in [0.2, 0.25) is 0 Å². The quantitative estimate of drug-likeness (QED) is 0.252. The summed E-state index contributed by atoms with van der Waals surface area (Å²) < 4.78 is 0.0242. The molecule has 0 saturated carbocycles. The van der Waals surface area contributed by atoms with Crippen LogP contribution in [-0.4, -0.2) is 37.0 Å². The number of hydrogen-bond acceptors (Lipinski definition) is 7. The molecule has 0 unspecified atom stereocenters. The maximum absolute atomic E-state index is 12.8. The van der Waals surface area contributed by atoms with E-state index in [4.69, 9.17) is 12.2 Å². The molecule has 2 aromatic rings. The number of hydrogen-bond donors (Lipinski definition) is 0. The van der Waals surface area contributed by atoms with Crippen LogP contribution in [0.4, 0.5) is 5.69 Å². The molecule has 8 nitrogen and oxygen atoms in total. The minimum atomic E-state index is -0.643. The van der Waals surface area contributed by atoms with Crippen LogP contribution in [0.25, 0.3) is 6.08 Å². The van der Waals surface area contributed by atoms with E-state index in [0.29, 0.717) is 5.56 Å². The number of thioether (sulfide) groups is 1. The van der Waals surface area contributed by atoms with Gasteiger partial charge in [-0.3, -0.25) is 24.5 Å². The molecule has 0 spiro atoms. The van der Waals surface area contributed by atoms with Gasteiger partial charge < -0.3 is 0 Å². The number of non-ortho nitro benzene ring substituents is 1. The van der Waals surface area contributed by atoms with E-state index in [1.165, 1.54) is 36.4 Å². The predicted octanol–water partition coefficient (Wildman–Crippen LogP) is 3.01. The van der Waals surface area contributed by atoms with Gasteiger partial charge in [0.15, 0.2) is 4.32 Å². The molecule has 1 saturated heterocycles. The van der Waals surface area contributed by atoms with E-state index in [2.05, 4.69) is 0 Å². The predicted molar refractivity (Wildman–Crippen MR) is 105 cm³/mol. The van der Waals surface area contributed by atoms with Crippen LogP contribution in [0.3, 0.4) is 0 Å². The number of carbonyl (C=O) groups excluding carboxylic acids is 3. The lowest BCUT2D eigenvalue weighted by atomic mass is 10.1. The number of nitrogens with zero attached hydrogens (tertiary/aromatic N) is 3. The van der Waals surface area contributed by atoms with E-state index >= 15 is 0 Å². The third kappa shape index (κ3) is 2.79. The van der Waals surface area contributed by atoms with Crippen molar-refractivity contribution in [2.75, 3.05) is 0 Å². The van der Waals surface area contributed by atoms with Crippen LogP contribution < -0.4 is 0 Å². The molecule has 1 fully saturated rings. The first-order chi connectivity index (χ1) is 13.4. The van der Waals surface area contributed by atoms with Crippen LogP contribution in [0.5, 0.6) is 0 Å². The summed E-state index contributed by atoms with van der Waals surface area (Å²) >= 11 is 6.12. The molecule has 4 rings (SSSR count). The van der Waals surface area contributed by atoms with Crippen molar-refractivity contribution in [3.8, 4) is 0 Å². The molecule has 2 aromatic carbocycles. The SMILES string of the molecule is O=C1/C(=C\c2cccc([N+](=O)[O-])c2)SC(=S)N1N1C(=O)c2ccccc2C1=O. The Morgan fingerprint density at radius 3 is 2.18 bits per heavy atom. The first kappa shape index (κ1) is 18.0. The highest BCUT2D eigenvalue weighted by molar-refractivity contribution is 8.26. The molecule has 2 aliphatic rings. The van der Waals surface area contributed by atoms with Crippen LogP contribution in [0.15, 0.2) is 53.4 Å². The highest BCUT2D eigenvalue weighted by atomic mass is 32.2. The summed E-state index contributed by atoms with van der Waals surface area (Å²) in [5, 5.41) is 12.5. The molecule has 0 bridgehead atoms. The Labute approximate surface area is 167 Å². The minimum Gasteiger partial charge on any atom is -0.267 e. The Bertz CT molecular complexity index is 1090. The fourth-order valence-corrected chi connectivity index (χ4v) is 4.11. The summed E-state index contributed by atoms with van der Waals surface area (Å²) in [6, 6.07) is 12.0.